The Balaban J connectivity index is 2.20. The molecule has 0 radical (unpaired) electrons. The van der Waals surface area contributed by atoms with Gasteiger partial charge < -0.3 is 9.64 Å². The van der Waals surface area contributed by atoms with Crippen molar-refractivity contribution in [2.45, 2.75) is 13.0 Å². The van der Waals surface area contributed by atoms with Gasteiger partial charge in [0.2, 0.25) is 0 Å². The lowest BCUT2D eigenvalue weighted by atomic mass is 10.1. The summed E-state index contributed by atoms with van der Waals surface area (Å²) in [6.07, 6.45) is 3.24. The molecule has 15 heavy (non-hydrogen) atoms. The molecule has 5 heteroatoms. The summed E-state index contributed by atoms with van der Waals surface area (Å²) in [6, 6.07) is 0.333. The van der Waals surface area contributed by atoms with E-state index in [-0.39, 0.29) is 0 Å². The van der Waals surface area contributed by atoms with Crippen molar-refractivity contribution in [3.05, 3.63) is 17.5 Å². The van der Waals surface area contributed by atoms with E-state index in [4.69, 9.17) is 16.3 Å². The molecule has 1 aliphatic heterocycles. The molecule has 2 heterocycles. The Morgan fingerprint density at radius 3 is 2.73 bits per heavy atom. The molecule has 0 amide bonds. The van der Waals surface area contributed by atoms with Crippen LogP contribution in [0.5, 0.6) is 0 Å². The molecule has 1 fully saturated rings. The van der Waals surface area contributed by atoms with Crippen molar-refractivity contribution in [1.29, 1.82) is 0 Å². The summed E-state index contributed by atoms with van der Waals surface area (Å²) >= 11 is 5.99. The molecular weight excluding hydrogens is 214 g/mol. The minimum atomic E-state index is 0.333. The number of ether oxygens (including phenoxy) is 1. The monoisotopic (exact) mass is 227 g/mol. The van der Waals surface area contributed by atoms with Gasteiger partial charge >= 0.3 is 0 Å². The first-order chi connectivity index (χ1) is 7.20. The summed E-state index contributed by atoms with van der Waals surface area (Å²) in [4.78, 5) is 10.3. The highest BCUT2D eigenvalue weighted by Gasteiger charge is 2.29. The Labute approximate surface area is 94.2 Å². The topological polar surface area (TPSA) is 38.2 Å². The molecule has 2 unspecified atom stereocenters. The van der Waals surface area contributed by atoms with Gasteiger partial charge in [0.25, 0.3) is 0 Å². The molecule has 1 saturated heterocycles. The number of anilines is 1. The van der Waals surface area contributed by atoms with Crippen molar-refractivity contribution in [1.82, 2.24) is 9.97 Å². The molecule has 1 aromatic heterocycles. The molecule has 1 aromatic rings. The Morgan fingerprint density at radius 1 is 1.40 bits per heavy atom. The third kappa shape index (κ3) is 2.06. The van der Waals surface area contributed by atoms with Gasteiger partial charge in [0.05, 0.1) is 19.3 Å². The Hall–Kier alpha value is -0.870. The number of rotatable bonds is 2. The first kappa shape index (κ1) is 10.6. The highest BCUT2D eigenvalue weighted by molar-refractivity contribution is 6.31. The van der Waals surface area contributed by atoms with Crippen LogP contribution < -0.4 is 4.90 Å². The highest BCUT2D eigenvalue weighted by Crippen LogP contribution is 2.26. The summed E-state index contributed by atoms with van der Waals surface area (Å²) in [5, 5.41) is 0.444. The van der Waals surface area contributed by atoms with E-state index >= 15 is 0 Å². The number of aromatic nitrogens is 2. The van der Waals surface area contributed by atoms with Crippen LogP contribution in [0, 0.1) is 5.92 Å². The lowest BCUT2D eigenvalue weighted by Crippen LogP contribution is -2.37. The first-order valence-electron chi connectivity index (χ1n) is 4.97. The fourth-order valence-electron chi connectivity index (χ4n) is 1.85. The van der Waals surface area contributed by atoms with Crippen LogP contribution in [0.3, 0.4) is 0 Å². The van der Waals surface area contributed by atoms with E-state index in [1.54, 1.807) is 12.4 Å². The predicted octanol–water partition coefficient (Wildman–Crippen LogP) is 1.60. The van der Waals surface area contributed by atoms with Gasteiger partial charge in [-0.3, -0.25) is 0 Å². The molecule has 82 valence electrons. The second kappa shape index (κ2) is 4.33. The van der Waals surface area contributed by atoms with Gasteiger partial charge in [-0.05, 0) is 0 Å². The van der Waals surface area contributed by atoms with Gasteiger partial charge in [-0.2, -0.15) is 0 Å². The van der Waals surface area contributed by atoms with E-state index < -0.39 is 0 Å². The third-order valence-corrected chi connectivity index (χ3v) is 3.06. The predicted molar refractivity (Wildman–Crippen MR) is 59.2 cm³/mol. The van der Waals surface area contributed by atoms with Gasteiger partial charge in [-0.25, -0.2) is 9.97 Å². The largest absolute Gasteiger partial charge is 0.379 e. The van der Waals surface area contributed by atoms with E-state index in [0.717, 1.165) is 19.0 Å². The van der Waals surface area contributed by atoms with E-state index in [2.05, 4.69) is 16.9 Å². The van der Waals surface area contributed by atoms with Crippen LogP contribution in [0.2, 0.25) is 5.15 Å². The van der Waals surface area contributed by atoms with Crippen LogP contribution in [0.25, 0.3) is 0 Å². The number of halogens is 1. The normalized spacial score (nSPS) is 25.5. The van der Waals surface area contributed by atoms with E-state index in [1.165, 1.54) is 0 Å². The van der Waals surface area contributed by atoms with Gasteiger partial charge in [0.1, 0.15) is 0 Å². The molecule has 4 nitrogen and oxygen atoms in total. The van der Waals surface area contributed by atoms with Crippen LogP contribution in [-0.4, -0.2) is 36.3 Å². The van der Waals surface area contributed by atoms with Crippen molar-refractivity contribution in [2.24, 2.45) is 5.92 Å². The van der Waals surface area contributed by atoms with E-state index in [0.29, 0.717) is 17.1 Å². The molecule has 2 atom stereocenters. The average Bonchev–Trinajstić information content (AvgIpc) is 2.64. The number of nitrogens with zero attached hydrogens (tertiary/aromatic N) is 3. The summed E-state index contributed by atoms with van der Waals surface area (Å²) in [6.45, 7) is 3.69. The van der Waals surface area contributed by atoms with Crippen molar-refractivity contribution in [2.75, 3.05) is 25.2 Å². The van der Waals surface area contributed by atoms with E-state index in [9.17, 15) is 0 Å². The fraction of sp³-hybridized carbons (Fsp3) is 0.600. The molecule has 0 N–H and O–H groups in total. The smallest absolute Gasteiger partial charge is 0.171 e. The number of likely N-dealkylation sites (N-methyl/N-ethyl adjacent to an activating group) is 1. The lowest BCUT2D eigenvalue weighted by molar-refractivity contribution is 0.186. The van der Waals surface area contributed by atoms with Crippen LogP contribution in [-0.2, 0) is 4.74 Å². The molecule has 0 aromatic carbocycles. The van der Waals surface area contributed by atoms with Crippen LogP contribution in [0.15, 0.2) is 12.4 Å². The van der Waals surface area contributed by atoms with Gasteiger partial charge in [-0.1, -0.05) is 18.5 Å². The fourth-order valence-corrected chi connectivity index (χ4v) is 2.09. The van der Waals surface area contributed by atoms with Crippen LogP contribution >= 0.6 is 11.6 Å². The maximum Gasteiger partial charge on any atom is 0.171 e. The molecule has 0 aliphatic carbocycles. The average molecular weight is 228 g/mol. The van der Waals surface area contributed by atoms with Crippen LogP contribution in [0.1, 0.15) is 6.92 Å². The zero-order valence-electron chi connectivity index (χ0n) is 8.85. The quantitative estimate of drug-likeness (QED) is 0.769. The van der Waals surface area contributed by atoms with Crippen LogP contribution in [0.4, 0.5) is 5.82 Å². The lowest BCUT2D eigenvalue weighted by Gasteiger charge is -2.27. The summed E-state index contributed by atoms with van der Waals surface area (Å²) in [5.74, 6) is 1.22. The van der Waals surface area contributed by atoms with Crippen molar-refractivity contribution >= 4 is 17.4 Å². The van der Waals surface area contributed by atoms with Crippen molar-refractivity contribution < 1.29 is 4.74 Å². The zero-order chi connectivity index (χ0) is 10.8. The highest BCUT2D eigenvalue weighted by atomic mass is 35.5. The number of hydrogen-bond acceptors (Lipinski definition) is 4. The summed E-state index contributed by atoms with van der Waals surface area (Å²) in [5.41, 5.74) is 0. The molecule has 0 bridgehead atoms. The summed E-state index contributed by atoms with van der Waals surface area (Å²) < 4.78 is 5.42. The molecule has 1 aliphatic rings. The second-order valence-corrected chi connectivity index (χ2v) is 4.22. The standard InChI is InChI=1S/C10H14ClN3O/c1-7-5-15-6-8(7)14(2)10-9(11)12-3-4-13-10/h3-4,7-8H,5-6H2,1-2H3. The van der Waals surface area contributed by atoms with Gasteiger partial charge in [0.15, 0.2) is 11.0 Å². The Morgan fingerprint density at radius 2 is 2.13 bits per heavy atom. The summed E-state index contributed by atoms with van der Waals surface area (Å²) in [7, 11) is 1.98. The van der Waals surface area contributed by atoms with Gasteiger partial charge in [0, 0.05) is 25.4 Å². The second-order valence-electron chi connectivity index (χ2n) is 3.86. The van der Waals surface area contributed by atoms with Crippen molar-refractivity contribution in [3.8, 4) is 0 Å². The van der Waals surface area contributed by atoms with E-state index in [1.807, 2.05) is 11.9 Å². The third-order valence-electron chi connectivity index (χ3n) is 2.79. The molecule has 2 rings (SSSR count). The SMILES string of the molecule is CC1COCC1N(C)c1nccnc1Cl. The molecule has 0 saturated carbocycles. The minimum absolute atomic E-state index is 0.333. The number of hydrogen-bond donors (Lipinski definition) is 0. The maximum absolute atomic E-state index is 5.99. The zero-order valence-corrected chi connectivity index (χ0v) is 9.61. The Bertz CT molecular complexity index is 347. The minimum Gasteiger partial charge on any atom is -0.379 e. The van der Waals surface area contributed by atoms with Crippen molar-refractivity contribution in [3.63, 3.8) is 0 Å². The maximum atomic E-state index is 5.99. The molecule has 0 spiro atoms. The van der Waals surface area contributed by atoms with Gasteiger partial charge in [-0.15, -0.1) is 0 Å². The molecular formula is C10H14ClN3O. The first-order valence-corrected chi connectivity index (χ1v) is 5.35. The Kier molecular flexibility index (Phi) is 3.07.